The van der Waals surface area contributed by atoms with E-state index < -0.39 is 11.8 Å². The van der Waals surface area contributed by atoms with E-state index in [1.54, 1.807) is 0 Å². The van der Waals surface area contributed by atoms with Gasteiger partial charge in [-0.3, -0.25) is 9.59 Å². The molecule has 0 heterocycles. The molecule has 0 radical (unpaired) electrons. The molecule has 0 spiro atoms. The summed E-state index contributed by atoms with van der Waals surface area (Å²) >= 11 is 0. The van der Waals surface area contributed by atoms with Crippen LogP contribution in [0.1, 0.15) is 45.4 Å². The molecule has 5 heteroatoms. The molecule has 1 rings (SSSR count). The van der Waals surface area contributed by atoms with Crippen molar-refractivity contribution in [1.29, 1.82) is 0 Å². The van der Waals surface area contributed by atoms with Crippen LogP contribution in [0.3, 0.4) is 0 Å². The maximum atomic E-state index is 11.5. The Morgan fingerprint density at radius 3 is 2.60 bits per heavy atom. The Morgan fingerprint density at radius 1 is 1.20 bits per heavy atom. The first-order valence-electron chi connectivity index (χ1n) is 7.55. The highest BCUT2D eigenvalue weighted by atomic mass is 16.5. The molecule has 0 fully saturated rings. The van der Waals surface area contributed by atoms with Gasteiger partial charge in [0.1, 0.15) is 0 Å². The molecule has 2 N–H and O–H groups in total. The second kappa shape index (κ2) is 10.4. The molecule has 0 bridgehead atoms. The standard InChI is InChI=1S/C15H26N2O3/c1-2-20-12-6-10-16-14(18)15(19)17-11-9-13-7-4-3-5-8-13/h7H,2-6,8-12H2,1H3,(H,16,18)(H,17,19). The molecular formula is C15H26N2O3. The van der Waals surface area contributed by atoms with Crippen LogP contribution in [0.5, 0.6) is 0 Å². The molecule has 1 aliphatic rings. The molecule has 0 aromatic heterocycles. The Labute approximate surface area is 121 Å². The topological polar surface area (TPSA) is 67.4 Å². The molecule has 114 valence electrons. The second-order valence-corrected chi connectivity index (χ2v) is 4.92. The van der Waals surface area contributed by atoms with Crippen molar-refractivity contribution in [3.8, 4) is 0 Å². The number of hydrogen-bond donors (Lipinski definition) is 2. The summed E-state index contributed by atoms with van der Waals surface area (Å²) in [5.74, 6) is -1.10. The lowest BCUT2D eigenvalue weighted by Crippen LogP contribution is -2.40. The minimum atomic E-state index is -0.556. The van der Waals surface area contributed by atoms with E-state index in [9.17, 15) is 9.59 Å². The third-order valence-corrected chi connectivity index (χ3v) is 3.28. The summed E-state index contributed by atoms with van der Waals surface area (Å²) in [6.45, 7) is 4.21. The van der Waals surface area contributed by atoms with Crippen molar-refractivity contribution >= 4 is 11.8 Å². The fraction of sp³-hybridized carbons (Fsp3) is 0.733. The van der Waals surface area contributed by atoms with Crippen LogP contribution in [0, 0.1) is 0 Å². The van der Waals surface area contributed by atoms with Crippen LogP contribution < -0.4 is 10.6 Å². The van der Waals surface area contributed by atoms with Crippen LogP contribution in [0.2, 0.25) is 0 Å². The van der Waals surface area contributed by atoms with E-state index in [0.29, 0.717) is 26.3 Å². The average molecular weight is 282 g/mol. The van der Waals surface area contributed by atoms with Gasteiger partial charge in [0.15, 0.2) is 0 Å². The van der Waals surface area contributed by atoms with Crippen molar-refractivity contribution < 1.29 is 14.3 Å². The number of allylic oxidation sites excluding steroid dienone is 1. The highest BCUT2D eigenvalue weighted by Gasteiger charge is 2.12. The van der Waals surface area contributed by atoms with Gasteiger partial charge in [0.2, 0.25) is 0 Å². The van der Waals surface area contributed by atoms with Crippen molar-refractivity contribution in [2.75, 3.05) is 26.3 Å². The first-order valence-corrected chi connectivity index (χ1v) is 7.55. The summed E-state index contributed by atoms with van der Waals surface area (Å²) in [6, 6.07) is 0. The van der Waals surface area contributed by atoms with Crippen LogP contribution in [-0.2, 0) is 14.3 Å². The van der Waals surface area contributed by atoms with Crippen molar-refractivity contribution in [3.05, 3.63) is 11.6 Å². The van der Waals surface area contributed by atoms with Gasteiger partial charge < -0.3 is 15.4 Å². The molecule has 0 aromatic carbocycles. The molecule has 5 nitrogen and oxygen atoms in total. The highest BCUT2D eigenvalue weighted by Crippen LogP contribution is 2.19. The lowest BCUT2D eigenvalue weighted by atomic mass is 9.97. The quantitative estimate of drug-likeness (QED) is 0.403. The van der Waals surface area contributed by atoms with Crippen molar-refractivity contribution in [2.45, 2.75) is 45.4 Å². The van der Waals surface area contributed by atoms with Gasteiger partial charge >= 0.3 is 11.8 Å². The van der Waals surface area contributed by atoms with Gasteiger partial charge in [-0.25, -0.2) is 0 Å². The first kappa shape index (κ1) is 16.7. The van der Waals surface area contributed by atoms with E-state index in [4.69, 9.17) is 4.74 Å². The van der Waals surface area contributed by atoms with E-state index in [0.717, 1.165) is 25.7 Å². The zero-order chi connectivity index (χ0) is 14.6. The number of rotatable bonds is 8. The number of carbonyl (C=O) groups is 2. The average Bonchev–Trinajstić information content (AvgIpc) is 2.47. The van der Waals surface area contributed by atoms with E-state index in [1.807, 2.05) is 6.92 Å². The smallest absolute Gasteiger partial charge is 0.309 e. The molecule has 20 heavy (non-hydrogen) atoms. The Balaban J connectivity index is 2.06. The number of ether oxygens (including phenoxy) is 1. The molecule has 0 unspecified atom stereocenters. The van der Waals surface area contributed by atoms with Gasteiger partial charge in [-0.2, -0.15) is 0 Å². The largest absolute Gasteiger partial charge is 0.382 e. The number of carbonyl (C=O) groups excluding carboxylic acids is 2. The fourth-order valence-corrected chi connectivity index (χ4v) is 2.15. The third kappa shape index (κ3) is 7.28. The Hall–Kier alpha value is -1.36. The van der Waals surface area contributed by atoms with Gasteiger partial charge in [-0.15, -0.1) is 0 Å². The molecule has 2 amide bonds. The van der Waals surface area contributed by atoms with Crippen LogP contribution in [0.4, 0.5) is 0 Å². The van der Waals surface area contributed by atoms with Crippen molar-refractivity contribution in [3.63, 3.8) is 0 Å². The Bertz CT molecular complexity index is 340. The molecule has 0 saturated carbocycles. The highest BCUT2D eigenvalue weighted by molar-refractivity contribution is 6.35. The normalized spacial score (nSPS) is 14.6. The predicted molar refractivity (Wildman–Crippen MR) is 78.3 cm³/mol. The number of hydrogen-bond acceptors (Lipinski definition) is 3. The first-order chi connectivity index (χ1) is 9.74. The van der Waals surface area contributed by atoms with E-state index in [1.165, 1.54) is 18.4 Å². The zero-order valence-corrected chi connectivity index (χ0v) is 12.4. The van der Waals surface area contributed by atoms with Gasteiger partial charge in [-0.05, 0) is 45.4 Å². The predicted octanol–water partition coefficient (Wildman–Crippen LogP) is 1.54. The second-order valence-electron chi connectivity index (χ2n) is 4.92. The Morgan fingerprint density at radius 2 is 1.95 bits per heavy atom. The molecule has 0 saturated heterocycles. The maximum absolute atomic E-state index is 11.5. The fourth-order valence-electron chi connectivity index (χ4n) is 2.15. The van der Waals surface area contributed by atoms with E-state index in [-0.39, 0.29) is 0 Å². The van der Waals surface area contributed by atoms with Gasteiger partial charge in [0.05, 0.1) is 0 Å². The SMILES string of the molecule is CCOCCCNC(=O)C(=O)NCCC1=CCCCC1. The summed E-state index contributed by atoms with van der Waals surface area (Å²) < 4.78 is 5.15. The van der Waals surface area contributed by atoms with Crippen molar-refractivity contribution in [2.24, 2.45) is 0 Å². The number of amides is 2. The minimum absolute atomic E-state index is 0.470. The monoisotopic (exact) mass is 282 g/mol. The molecule has 0 aliphatic heterocycles. The maximum Gasteiger partial charge on any atom is 0.309 e. The minimum Gasteiger partial charge on any atom is -0.382 e. The van der Waals surface area contributed by atoms with E-state index >= 15 is 0 Å². The molecule has 1 aliphatic carbocycles. The summed E-state index contributed by atoms with van der Waals surface area (Å²) in [6.07, 6.45) is 8.59. The van der Waals surface area contributed by atoms with Crippen LogP contribution in [0.25, 0.3) is 0 Å². The van der Waals surface area contributed by atoms with E-state index in [2.05, 4.69) is 16.7 Å². The molecule has 0 atom stereocenters. The lowest BCUT2D eigenvalue weighted by molar-refractivity contribution is -0.139. The summed E-state index contributed by atoms with van der Waals surface area (Å²) in [5.41, 5.74) is 1.40. The summed E-state index contributed by atoms with van der Waals surface area (Å²) in [7, 11) is 0. The molecule has 0 aromatic rings. The molecular weight excluding hydrogens is 256 g/mol. The van der Waals surface area contributed by atoms with Gasteiger partial charge in [0.25, 0.3) is 0 Å². The van der Waals surface area contributed by atoms with Crippen LogP contribution in [-0.4, -0.2) is 38.1 Å². The Kier molecular flexibility index (Phi) is 8.71. The van der Waals surface area contributed by atoms with Gasteiger partial charge in [0, 0.05) is 26.3 Å². The lowest BCUT2D eigenvalue weighted by Gasteiger charge is -2.12. The van der Waals surface area contributed by atoms with Crippen LogP contribution >= 0.6 is 0 Å². The number of nitrogens with one attached hydrogen (secondary N) is 2. The van der Waals surface area contributed by atoms with Crippen molar-refractivity contribution in [1.82, 2.24) is 10.6 Å². The summed E-state index contributed by atoms with van der Waals surface area (Å²) in [4.78, 5) is 23.0. The zero-order valence-electron chi connectivity index (χ0n) is 12.4. The third-order valence-electron chi connectivity index (χ3n) is 3.28. The summed E-state index contributed by atoms with van der Waals surface area (Å²) in [5, 5.41) is 5.24. The van der Waals surface area contributed by atoms with Gasteiger partial charge in [-0.1, -0.05) is 11.6 Å². The van der Waals surface area contributed by atoms with Crippen LogP contribution in [0.15, 0.2) is 11.6 Å².